The standard InChI is InChI=1S/C24H34N4O3.HI/c1-4-25-24(28-18-23(29)26-16-20-9-6-5-7-10-20)27-17-21-12-11-19(2)15-22(21)31-14-8-13-30-3;/h5-7,9-12,15H,4,8,13-14,16-18H2,1-3H3,(H,26,29)(H2,25,27,28);1H. The number of nitrogens with zero attached hydrogens (tertiary/aromatic N) is 1. The Kier molecular flexibility index (Phi) is 14.1. The van der Waals surface area contributed by atoms with Crippen LogP contribution in [0, 0.1) is 6.92 Å². The maximum Gasteiger partial charge on any atom is 0.239 e. The third-order valence-corrected chi connectivity index (χ3v) is 4.47. The van der Waals surface area contributed by atoms with Gasteiger partial charge in [0.25, 0.3) is 0 Å². The maximum absolute atomic E-state index is 12.2. The van der Waals surface area contributed by atoms with Gasteiger partial charge in [0.15, 0.2) is 5.96 Å². The maximum atomic E-state index is 12.2. The fourth-order valence-electron chi connectivity index (χ4n) is 2.84. The first kappa shape index (κ1) is 27.7. The lowest BCUT2D eigenvalue weighted by atomic mass is 10.1. The summed E-state index contributed by atoms with van der Waals surface area (Å²) < 4.78 is 11.0. The smallest absolute Gasteiger partial charge is 0.239 e. The van der Waals surface area contributed by atoms with Crippen LogP contribution in [-0.2, 0) is 22.6 Å². The van der Waals surface area contributed by atoms with E-state index in [4.69, 9.17) is 9.47 Å². The van der Waals surface area contributed by atoms with Crippen molar-refractivity contribution in [3.63, 3.8) is 0 Å². The van der Waals surface area contributed by atoms with Gasteiger partial charge in [-0.25, -0.2) is 4.99 Å². The molecule has 2 aromatic carbocycles. The summed E-state index contributed by atoms with van der Waals surface area (Å²) in [5, 5.41) is 9.17. The van der Waals surface area contributed by atoms with Gasteiger partial charge in [0, 0.05) is 38.8 Å². The number of ether oxygens (including phenoxy) is 2. The number of nitrogens with one attached hydrogen (secondary N) is 3. The van der Waals surface area contributed by atoms with Crippen LogP contribution in [0.1, 0.15) is 30.0 Å². The van der Waals surface area contributed by atoms with Gasteiger partial charge in [-0.15, -0.1) is 24.0 Å². The zero-order valence-electron chi connectivity index (χ0n) is 19.1. The number of hydrogen-bond donors (Lipinski definition) is 3. The van der Waals surface area contributed by atoms with E-state index in [0.29, 0.717) is 38.8 Å². The molecule has 0 radical (unpaired) electrons. The van der Waals surface area contributed by atoms with E-state index in [1.165, 1.54) is 0 Å². The highest BCUT2D eigenvalue weighted by molar-refractivity contribution is 14.0. The molecule has 3 N–H and O–H groups in total. The first-order valence-corrected chi connectivity index (χ1v) is 10.7. The number of methoxy groups -OCH3 is 1. The highest BCUT2D eigenvalue weighted by atomic mass is 127. The van der Waals surface area contributed by atoms with Crippen molar-refractivity contribution in [3.05, 3.63) is 65.2 Å². The van der Waals surface area contributed by atoms with Gasteiger partial charge in [-0.1, -0.05) is 42.5 Å². The number of rotatable bonds is 12. The van der Waals surface area contributed by atoms with Gasteiger partial charge in [0.2, 0.25) is 5.91 Å². The number of guanidine groups is 1. The number of hydrogen-bond acceptors (Lipinski definition) is 4. The number of aliphatic imine (C=N–C) groups is 1. The largest absolute Gasteiger partial charge is 0.493 e. The molecular formula is C24H35IN4O3. The molecule has 32 heavy (non-hydrogen) atoms. The Balaban J connectivity index is 0.00000512. The molecule has 1 amide bonds. The van der Waals surface area contributed by atoms with E-state index >= 15 is 0 Å². The molecule has 0 saturated carbocycles. The summed E-state index contributed by atoms with van der Waals surface area (Å²) in [6, 6.07) is 15.9. The number of aryl methyl sites for hydroxylation is 1. The Morgan fingerprint density at radius 1 is 1.03 bits per heavy atom. The summed E-state index contributed by atoms with van der Waals surface area (Å²) in [6.45, 7) is 7.08. The molecule has 0 aromatic heterocycles. The second-order valence-electron chi connectivity index (χ2n) is 7.12. The molecular weight excluding hydrogens is 519 g/mol. The lowest BCUT2D eigenvalue weighted by molar-refractivity contribution is -0.120. The van der Waals surface area contributed by atoms with Gasteiger partial charge in [-0.3, -0.25) is 4.79 Å². The molecule has 0 spiro atoms. The van der Waals surface area contributed by atoms with Gasteiger partial charge in [-0.05, 0) is 31.0 Å². The Labute approximate surface area is 208 Å². The molecule has 0 aliphatic heterocycles. The van der Waals surface area contributed by atoms with Gasteiger partial charge in [-0.2, -0.15) is 0 Å². The molecule has 2 aromatic rings. The average molecular weight is 554 g/mol. The molecule has 2 rings (SSSR count). The van der Waals surface area contributed by atoms with Crippen LogP contribution in [0.25, 0.3) is 0 Å². The topological polar surface area (TPSA) is 84.0 Å². The summed E-state index contributed by atoms with van der Waals surface area (Å²) in [6.07, 6.45) is 0.829. The average Bonchev–Trinajstić information content (AvgIpc) is 2.78. The van der Waals surface area contributed by atoms with Crippen LogP contribution in [0.2, 0.25) is 0 Å². The van der Waals surface area contributed by atoms with E-state index in [2.05, 4.69) is 20.9 Å². The predicted octanol–water partition coefficient (Wildman–Crippen LogP) is 3.40. The van der Waals surface area contributed by atoms with Crippen LogP contribution in [0.4, 0.5) is 0 Å². The van der Waals surface area contributed by atoms with Crippen molar-refractivity contribution < 1.29 is 14.3 Å². The minimum Gasteiger partial charge on any atom is -0.493 e. The number of amides is 1. The quantitative estimate of drug-likeness (QED) is 0.162. The SMILES string of the molecule is CCNC(=NCc1ccc(C)cc1OCCCOC)NCC(=O)NCc1ccccc1.I. The van der Waals surface area contributed by atoms with Crippen LogP contribution in [-0.4, -0.2) is 45.3 Å². The fraction of sp³-hybridized carbons (Fsp3) is 0.417. The molecule has 0 aliphatic carbocycles. The Hall–Kier alpha value is -2.33. The van der Waals surface area contributed by atoms with Crippen LogP contribution in [0.3, 0.4) is 0 Å². The Bertz CT molecular complexity index is 831. The second-order valence-corrected chi connectivity index (χ2v) is 7.12. The summed E-state index contributed by atoms with van der Waals surface area (Å²) in [5.41, 5.74) is 3.19. The van der Waals surface area contributed by atoms with Gasteiger partial charge < -0.3 is 25.4 Å². The first-order valence-electron chi connectivity index (χ1n) is 10.7. The van der Waals surface area contributed by atoms with Gasteiger partial charge >= 0.3 is 0 Å². The second kappa shape index (κ2) is 16.3. The monoisotopic (exact) mass is 554 g/mol. The summed E-state index contributed by atoms with van der Waals surface area (Å²) in [4.78, 5) is 16.8. The van der Waals surface area contributed by atoms with Crippen LogP contribution < -0.4 is 20.7 Å². The highest BCUT2D eigenvalue weighted by Crippen LogP contribution is 2.21. The van der Waals surface area contributed by atoms with Gasteiger partial charge in [0.1, 0.15) is 5.75 Å². The Morgan fingerprint density at radius 2 is 1.81 bits per heavy atom. The summed E-state index contributed by atoms with van der Waals surface area (Å²) in [5.74, 6) is 1.33. The molecule has 0 bridgehead atoms. The van der Waals surface area contributed by atoms with Crippen LogP contribution in [0.5, 0.6) is 5.75 Å². The predicted molar refractivity (Wildman–Crippen MR) is 140 cm³/mol. The van der Waals surface area contributed by atoms with Crippen molar-refractivity contribution >= 4 is 35.8 Å². The number of halogens is 1. The molecule has 7 nitrogen and oxygen atoms in total. The van der Waals surface area contributed by atoms with Crippen molar-refractivity contribution in [2.75, 3.05) is 33.4 Å². The summed E-state index contributed by atoms with van der Waals surface area (Å²) in [7, 11) is 1.68. The van der Waals surface area contributed by atoms with Crippen molar-refractivity contribution in [1.82, 2.24) is 16.0 Å². The lowest BCUT2D eigenvalue weighted by Gasteiger charge is -2.14. The first-order chi connectivity index (χ1) is 15.1. The third-order valence-electron chi connectivity index (χ3n) is 4.47. The number of carbonyl (C=O) groups is 1. The van der Waals surface area contributed by atoms with E-state index in [9.17, 15) is 4.79 Å². The van der Waals surface area contributed by atoms with Crippen molar-refractivity contribution in [3.8, 4) is 5.75 Å². The van der Waals surface area contributed by atoms with Crippen LogP contribution >= 0.6 is 24.0 Å². The zero-order valence-corrected chi connectivity index (χ0v) is 21.5. The highest BCUT2D eigenvalue weighted by Gasteiger charge is 2.07. The minimum atomic E-state index is -0.0908. The normalized spacial score (nSPS) is 10.8. The van der Waals surface area contributed by atoms with Crippen molar-refractivity contribution in [1.29, 1.82) is 0 Å². The van der Waals surface area contributed by atoms with E-state index in [0.717, 1.165) is 28.9 Å². The molecule has 0 heterocycles. The molecule has 176 valence electrons. The molecule has 8 heteroatoms. The van der Waals surface area contributed by atoms with Crippen molar-refractivity contribution in [2.24, 2.45) is 4.99 Å². The zero-order chi connectivity index (χ0) is 22.3. The minimum absolute atomic E-state index is 0. The van der Waals surface area contributed by atoms with E-state index < -0.39 is 0 Å². The molecule has 0 aliphatic rings. The van der Waals surface area contributed by atoms with Gasteiger partial charge in [0.05, 0.1) is 19.7 Å². The molecule has 0 saturated heterocycles. The molecule has 0 fully saturated rings. The molecule has 0 unspecified atom stereocenters. The number of carbonyl (C=O) groups excluding carboxylic acids is 1. The third kappa shape index (κ3) is 10.8. The van der Waals surface area contributed by atoms with E-state index in [-0.39, 0.29) is 36.4 Å². The Morgan fingerprint density at radius 3 is 2.53 bits per heavy atom. The van der Waals surface area contributed by atoms with Crippen LogP contribution in [0.15, 0.2) is 53.5 Å². The number of benzene rings is 2. The van der Waals surface area contributed by atoms with E-state index in [1.54, 1.807) is 7.11 Å². The van der Waals surface area contributed by atoms with Crippen molar-refractivity contribution in [2.45, 2.75) is 33.4 Å². The molecule has 0 atom stereocenters. The fourth-order valence-corrected chi connectivity index (χ4v) is 2.84. The lowest BCUT2D eigenvalue weighted by Crippen LogP contribution is -2.43. The summed E-state index contributed by atoms with van der Waals surface area (Å²) >= 11 is 0. The van der Waals surface area contributed by atoms with E-state index in [1.807, 2.05) is 62.4 Å².